The summed E-state index contributed by atoms with van der Waals surface area (Å²) in [5.74, 6) is 2.06. The lowest BCUT2D eigenvalue weighted by atomic mass is 9.64. The minimum atomic E-state index is 0.343. The Morgan fingerprint density at radius 2 is 2.33 bits per heavy atom. The average Bonchev–Trinajstić information content (AvgIpc) is 2.05. The van der Waals surface area contributed by atoms with Crippen LogP contribution < -0.4 is 0 Å². The van der Waals surface area contributed by atoms with Gasteiger partial charge in [0, 0.05) is 26.1 Å². The van der Waals surface area contributed by atoms with Gasteiger partial charge in [-0.25, -0.2) is 0 Å². The second-order valence-corrected chi connectivity index (χ2v) is 4.17. The molecule has 3 saturated carbocycles. The zero-order valence-corrected chi connectivity index (χ0v) is 7.58. The highest BCUT2D eigenvalue weighted by atomic mass is 16.5. The van der Waals surface area contributed by atoms with E-state index >= 15 is 0 Å². The Morgan fingerprint density at radius 1 is 1.50 bits per heavy atom. The largest absolute Gasteiger partial charge is 0.384 e. The summed E-state index contributed by atoms with van der Waals surface area (Å²) < 4.78 is 5.13. The lowest BCUT2D eigenvalue weighted by Crippen LogP contribution is -2.40. The Kier molecular flexibility index (Phi) is 2.18. The fourth-order valence-corrected chi connectivity index (χ4v) is 2.80. The van der Waals surface area contributed by atoms with Crippen molar-refractivity contribution in [3.8, 4) is 0 Å². The van der Waals surface area contributed by atoms with Crippen molar-refractivity contribution in [2.45, 2.75) is 25.7 Å². The molecule has 0 aromatic rings. The highest BCUT2D eigenvalue weighted by molar-refractivity contribution is 5.83. The number of ether oxygens (including phenoxy) is 1. The first-order chi connectivity index (χ1) is 5.81. The van der Waals surface area contributed by atoms with Crippen molar-refractivity contribution in [2.75, 3.05) is 13.7 Å². The fraction of sp³-hybridized carbons (Fsp3) is 0.900. The predicted octanol–water partition coefficient (Wildman–Crippen LogP) is 1.64. The van der Waals surface area contributed by atoms with Crippen molar-refractivity contribution >= 4 is 5.78 Å². The summed E-state index contributed by atoms with van der Waals surface area (Å²) in [6, 6.07) is 0. The summed E-state index contributed by atoms with van der Waals surface area (Å²) in [6.07, 6.45) is 4.48. The second kappa shape index (κ2) is 3.17. The van der Waals surface area contributed by atoms with Gasteiger partial charge in [-0.05, 0) is 31.1 Å². The molecule has 2 heteroatoms. The summed E-state index contributed by atoms with van der Waals surface area (Å²) in [5, 5.41) is 0. The molecule has 0 N–H and O–H groups in total. The number of rotatable bonds is 2. The van der Waals surface area contributed by atoms with E-state index in [1.807, 2.05) is 0 Å². The molecule has 0 saturated heterocycles. The number of hydrogen-bond acceptors (Lipinski definition) is 2. The quantitative estimate of drug-likeness (QED) is 0.626. The molecule has 0 spiro atoms. The van der Waals surface area contributed by atoms with E-state index in [1.54, 1.807) is 7.11 Å². The molecule has 0 aromatic heterocycles. The first-order valence-corrected chi connectivity index (χ1v) is 4.83. The molecular formula is C10H16O2. The SMILES string of the molecule is COC[C@@H]1C[C@@H]2CC[C@H]1C(=O)C2. The van der Waals surface area contributed by atoms with E-state index in [4.69, 9.17) is 4.74 Å². The molecule has 68 valence electrons. The van der Waals surface area contributed by atoms with Gasteiger partial charge >= 0.3 is 0 Å². The van der Waals surface area contributed by atoms with Crippen molar-refractivity contribution in [3.63, 3.8) is 0 Å². The van der Waals surface area contributed by atoms with Gasteiger partial charge in [0.2, 0.25) is 0 Å². The maximum absolute atomic E-state index is 11.5. The summed E-state index contributed by atoms with van der Waals surface area (Å²) >= 11 is 0. The van der Waals surface area contributed by atoms with Gasteiger partial charge in [0.15, 0.2) is 0 Å². The van der Waals surface area contributed by atoms with Gasteiger partial charge in [0.05, 0.1) is 0 Å². The van der Waals surface area contributed by atoms with Crippen LogP contribution in [-0.2, 0) is 9.53 Å². The van der Waals surface area contributed by atoms with Gasteiger partial charge in [-0.1, -0.05) is 0 Å². The number of hydrogen-bond donors (Lipinski definition) is 0. The topological polar surface area (TPSA) is 26.3 Å². The van der Waals surface area contributed by atoms with Gasteiger partial charge in [-0.3, -0.25) is 4.79 Å². The maximum atomic E-state index is 11.5. The molecule has 2 bridgehead atoms. The molecule has 12 heavy (non-hydrogen) atoms. The van der Waals surface area contributed by atoms with Gasteiger partial charge < -0.3 is 4.74 Å². The van der Waals surface area contributed by atoms with Crippen molar-refractivity contribution in [3.05, 3.63) is 0 Å². The van der Waals surface area contributed by atoms with Crippen LogP contribution in [0.1, 0.15) is 25.7 Å². The van der Waals surface area contributed by atoms with Crippen LogP contribution in [0.15, 0.2) is 0 Å². The van der Waals surface area contributed by atoms with E-state index in [0.29, 0.717) is 23.5 Å². The van der Waals surface area contributed by atoms with E-state index < -0.39 is 0 Å². The van der Waals surface area contributed by atoms with E-state index in [2.05, 4.69) is 0 Å². The molecule has 3 fully saturated rings. The van der Waals surface area contributed by atoms with E-state index in [0.717, 1.165) is 19.4 Å². The molecular weight excluding hydrogens is 152 g/mol. The van der Waals surface area contributed by atoms with Crippen molar-refractivity contribution < 1.29 is 9.53 Å². The Balaban J connectivity index is 2.04. The minimum absolute atomic E-state index is 0.343. The highest BCUT2D eigenvalue weighted by Gasteiger charge is 2.40. The number of carbonyl (C=O) groups is 1. The fourth-order valence-electron chi connectivity index (χ4n) is 2.80. The molecule has 0 aliphatic heterocycles. The van der Waals surface area contributed by atoms with Crippen LogP contribution >= 0.6 is 0 Å². The van der Waals surface area contributed by atoms with Crippen molar-refractivity contribution in [2.24, 2.45) is 17.8 Å². The van der Waals surface area contributed by atoms with Gasteiger partial charge in [0.1, 0.15) is 5.78 Å². The zero-order chi connectivity index (χ0) is 8.55. The first kappa shape index (κ1) is 8.24. The van der Waals surface area contributed by atoms with E-state index in [-0.39, 0.29) is 0 Å². The highest BCUT2D eigenvalue weighted by Crippen LogP contribution is 2.42. The molecule has 0 amide bonds. The van der Waals surface area contributed by atoms with Crippen LogP contribution in [0.3, 0.4) is 0 Å². The number of Topliss-reactive ketones (excluding diaryl/α,β-unsaturated/α-hetero) is 1. The predicted molar refractivity (Wildman–Crippen MR) is 45.8 cm³/mol. The van der Waals surface area contributed by atoms with Crippen LogP contribution in [0.4, 0.5) is 0 Å². The Morgan fingerprint density at radius 3 is 2.92 bits per heavy atom. The molecule has 0 unspecified atom stereocenters. The molecule has 3 rings (SSSR count). The number of ketones is 1. The van der Waals surface area contributed by atoms with Crippen molar-refractivity contribution in [1.82, 2.24) is 0 Å². The standard InChI is InChI=1S/C10H16O2/c1-12-6-8-4-7-2-3-9(8)10(11)5-7/h7-9H,2-6H2,1H3/t7-,8-,9+/m0/s1. The first-order valence-electron chi connectivity index (χ1n) is 4.83. The molecule has 3 aliphatic carbocycles. The smallest absolute Gasteiger partial charge is 0.136 e. The Labute approximate surface area is 73.3 Å². The Hall–Kier alpha value is -0.370. The third-order valence-electron chi connectivity index (χ3n) is 3.38. The van der Waals surface area contributed by atoms with E-state index in [9.17, 15) is 4.79 Å². The molecule has 3 atom stereocenters. The normalized spacial score (nSPS) is 40.4. The molecule has 0 aromatic carbocycles. The Bertz CT molecular complexity index is 188. The van der Waals surface area contributed by atoms with Crippen LogP contribution in [-0.4, -0.2) is 19.5 Å². The number of carbonyl (C=O) groups excluding carboxylic acids is 1. The number of fused-ring (bicyclic) bond motifs is 3. The third-order valence-corrected chi connectivity index (χ3v) is 3.38. The van der Waals surface area contributed by atoms with Crippen LogP contribution in [0.2, 0.25) is 0 Å². The van der Waals surface area contributed by atoms with Crippen LogP contribution in [0.25, 0.3) is 0 Å². The summed E-state index contributed by atoms with van der Waals surface area (Å²) in [7, 11) is 1.73. The van der Waals surface area contributed by atoms with Gasteiger partial charge in [-0.2, -0.15) is 0 Å². The minimum Gasteiger partial charge on any atom is -0.384 e. The maximum Gasteiger partial charge on any atom is 0.136 e. The molecule has 0 heterocycles. The van der Waals surface area contributed by atoms with Crippen LogP contribution in [0.5, 0.6) is 0 Å². The zero-order valence-electron chi connectivity index (χ0n) is 7.58. The van der Waals surface area contributed by atoms with Gasteiger partial charge in [0.25, 0.3) is 0 Å². The van der Waals surface area contributed by atoms with Gasteiger partial charge in [-0.15, -0.1) is 0 Å². The van der Waals surface area contributed by atoms with Crippen LogP contribution in [0, 0.1) is 17.8 Å². The average molecular weight is 168 g/mol. The lowest BCUT2D eigenvalue weighted by molar-refractivity contribution is -0.133. The number of methoxy groups -OCH3 is 1. The third kappa shape index (κ3) is 1.28. The van der Waals surface area contributed by atoms with E-state index in [1.165, 1.54) is 12.8 Å². The summed E-state index contributed by atoms with van der Waals surface area (Å²) in [4.78, 5) is 11.5. The van der Waals surface area contributed by atoms with Crippen molar-refractivity contribution in [1.29, 1.82) is 0 Å². The molecule has 3 aliphatic rings. The lowest BCUT2D eigenvalue weighted by Gasteiger charge is -2.40. The summed E-state index contributed by atoms with van der Waals surface area (Å²) in [6.45, 7) is 0.785. The molecule has 0 radical (unpaired) electrons. The second-order valence-electron chi connectivity index (χ2n) is 4.17. The molecule has 2 nitrogen and oxygen atoms in total. The monoisotopic (exact) mass is 168 g/mol. The summed E-state index contributed by atoms with van der Waals surface area (Å²) in [5.41, 5.74) is 0.